The molecule has 3 aromatic rings. The van der Waals surface area contributed by atoms with Crippen LogP contribution in [0.2, 0.25) is 0 Å². The SMILES string of the molecule is CC(NCc1ccn[nH]1)c1cnc2ccsc2c1. The summed E-state index contributed by atoms with van der Waals surface area (Å²) in [6.07, 6.45) is 3.71. The Morgan fingerprint density at radius 2 is 2.39 bits per heavy atom. The molecule has 1 atom stereocenters. The number of hydrogen-bond acceptors (Lipinski definition) is 4. The lowest BCUT2D eigenvalue weighted by molar-refractivity contribution is 0.566. The number of rotatable bonds is 4. The molecule has 0 saturated carbocycles. The summed E-state index contributed by atoms with van der Waals surface area (Å²) in [7, 11) is 0. The van der Waals surface area contributed by atoms with Crippen LogP contribution >= 0.6 is 11.3 Å². The molecule has 0 spiro atoms. The smallest absolute Gasteiger partial charge is 0.0809 e. The number of H-pyrrole nitrogens is 1. The van der Waals surface area contributed by atoms with Crippen molar-refractivity contribution < 1.29 is 0 Å². The van der Waals surface area contributed by atoms with Crippen LogP contribution < -0.4 is 5.32 Å². The molecule has 3 rings (SSSR count). The van der Waals surface area contributed by atoms with Crippen molar-refractivity contribution in [3.8, 4) is 0 Å². The predicted octanol–water partition coefficient (Wildman–Crippen LogP) is 2.87. The Morgan fingerprint density at radius 3 is 3.22 bits per heavy atom. The van der Waals surface area contributed by atoms with Crippen LogP contribution in [0, 0.1) is 0 Å². The minimum Gasteiger partial charge on any atom is -0.305 e. The van der Waals surface area contributed by atoms with Crippen molar-refractivity contribution in [2.45, 2.75) is 19.5 Å². The first-order valence-electron chi connectivity index (χ1n) is 5.88. The summed E-state index contributed by atoms with van der Waals surface area (Å²) >= 11 is 1.73. The average molecular weight is 258 g/mol. The van der Waals surface area contributed by atoms with Crippen molar-refractivity contribution in [3.63, 3.8) is 0 Å². The first-order chi connectivity index (χ1) is 8.83. The normalized spacial score (nSPS) is 12.9. The van der Waals surface area contributed by atoms with E-state index in [0.29, 0.717) is 0 Å². The second kappa shape index (κ2) is 4.88. The quantitative estimate of drug-likeness (QED) is 0.756. The molecular weight excluding hydrogens is 244 g/mol. The van der Waals surface area contributed by atoms with E-state index in [1.165, 1.54) is 10.3 Å². The summed E-state index contributed by atoms with van der Waals surface area (Å²) in [5, 5.41) is 12.4. The van der Waals surface area contributed by atoms with Gasteiger partial charge in [-0.15, -0.1) is 11.3 Å². The second-order valence-corrected chi connectivity index (χ2v) is 5.20. The maximum Gasteiger partial charge on any atom is 0.0809 e. The Bertz CT molecular complexity index is 629. The monoisotopic (exact) mass is 258 g/mol. The van der Waals surface area contributed by atoms with Crippen molar-refractivity contribution >= 4 is 21.6 Å². The van der Waals surface area contributed by atoms with E-state index in [1.807, 2.05) is 18.3 Å². The minimum absolute atomic E-state index is 0.271. The van der Waals surface area contributed by atoms with Gasteiger partial charge in [0, 0.05) is 30.7 Å². The Hall–Kier alpha value is -1.72. The van der Waals surface area contributed by atoms with Crippen LogP contribution in [0.3, 0.4) is 0 Å². The summed E-state index contributed by atoms with van der Waals surface area (Å²) in [4.78, 5) is 4.46. The summed E-state index contributed by atoms with van der Waals surface area (Å²) in [6, 6.07) is 6.50. The fourth-order valence-electron chi connectivity index (χ4n) is 1.86. The fraction of sp³-hybridized carbons (Fsp3) is 0.231. The zero-order valence-electron chi connectivity index (χ0n) is 10.1. The Kier molecular flexibility index (Phi) is 3.08. The standard InChI is InChI=1S/C13H14N4S/c1-9(14-8-11-2-4-16-17-11)10-6-13-12(15-7-10)3-5-18-13/h2-7,9,14H,8H2,1H3,(H,16,17). The molecule has 0 aromatic carbocycles. The minimum atomic E-state index is 0.271. The largest absolute Gasteiger partial charge is 0.305 e. The molecule has 1 unspecified atom stereocenters. The highest BCUT2D eigenvalue weighted by Gasteiger charge is 2.07. The van der Waals surface area contributed by atoms with E-state index in [-0.39, 0.29) is 6.04 Å². The first kappa shape index (κ1) is 11.4. The summed E-state index contributed by atoms with van der Waals surface area (Å²) < 4.78 is 1.24. The molecule has 3 aromatic heterocycles. The van der Waals surface area contributed by atoms with E-state index in [0.717, 1.165) is 17.8 Å². The molecule has 5 heteroatoms. The van der Waals surface area contributed by atoms with Gasteiger partial charge in [-0.2, -0.15) is 5.10 Å². The number of fused-ring (bicyclic) bond motifs is 1. The number of nitrogens with one attached hydrogen (secondary N) is 2. The van der Waals surface area contributed by atoms with Gasteiger partial charge in [-0.3, -0.25) is 10.1 Å². The molecule has 0 aliphatic rings. The van der Waals surface area contributed by atoms with E-state index >= 15 is 0 Å². The van der Waals surface area contributed by atoms with Gasteiger partial charge in [0.1, 0.15) is 0 Å². The fourth-order valence-corrected chi connectivity index (χ4v) is 2.65. The molecular formula is C13H14N4S. The van der Waals surface area contributed by atoms with Gasteiger partial charge in [-0.05, 0) is 36.1 Å². The second-order valence-electron chi connectivity index (χ2n) is 4.26. The highest BCUT2D eigenvalue weighted by atomic mass is 32.1. The van der Waals surface area contributed by atoms with Gasteiger partial charge in [-0.25, -0.2) is 0 Å². The number of nitrogens with zero attached hydrogens (tertiary/aromatic N) is 2. The number of aromatic amines is 1. The number of thiophene rings is 1. The van der Waals surface area contributed by atoms with Gasteiger partial charge < -0.3 is 5.32 Å². The van der Waals surface area contributed by atoms with Gasteiger partial charge in [0.2, 0.25) is 0 Å². The van der Waals surface area contributed by atoms with Gasteiger partial charge in [0.05, 0.1) is 10.2 Å². The lowest BCUT2D eigenvalue weighted by Crippen LogP contribution is -2.18. The molecule has 18 heavy (non-hydrogen) atoms. The third-order valence-corrected chi connectivity index (χ3v) is 3.83. The summed E-state index contributed by atoms with van der Waals surface area (Å²) in [5.74, 6) is 0. The molecule has 0 aliphatic carbocycles. The third-order valence-electron chi connectivity index (χ3n) is 2.98. The maximum absolute atomic E-state index is 4.46. The van der Waals surface area contributed by atoms with Crippen LogP contribution in [0.1, 0.15) is 24.2 Å². The molecule has 0 saturated heterocycles. The average Bonchev–Trinajstić information content (AvgIpc) is 3.05. The molecule has 0 amide bonds. The highest BCUT2D eigenvalue weighted by Crippen LogP contribution is 2.22. The Labute approximate surface area is 109 Å². The number of aromatic nitrogens is 3. The van der Waals surface area contributed by atoms with Crippen LogP contribution in [0.25, 0.3) is 10.2 Å². The molecule has 0 fully saturated rings. The van der Waals surface area contributed by atoms with Gasteiger partial charge in [-0.1, -0.05) is 0 Å². The molecule has 92 valence electrons. The van der Waals surface area contributed by atoms with Crippen LogP contribution in [-0.4, -0.2) is 15.2 Å². The van der Waals surface area contributed by atoms with Crippen molar-refractivity contribution in [2.24, 2.45) is 0 Å². The Balaban J connectivity index is 1.72. The maximum atomic E-state index is 4.46. The highest BCUT2D eigenvalue weighted by molar-refractivity contribution is 7.17. The molecule has 0 radical (unpaired) electrons. The molecule has 3 heterocycles. The van der Waals surface area contributed by atoms with E-state index < -0.39 is 0 Å². The van der Waals surface area contributed by atoms with Crippen molar-refractivity contribution in [1.82, 2.24) is 20.5 Å². The van der Waals surface area contributed by atoms with Crippen LogP contribution in [-0.2, 0) is 6.54 Å². The first-order valence-corrected chi connectivity index (χ1v) is 6.75. The van der Waals surface area contributed by atoms with Crippen LogP contribution in [0.4, 0.5) is 0 Å². The van der Waals surface area contributed by atoms with E-state index in [4.69, 9.17) is 0 Å². The summed E-state index contributed by atoms with van der Waals surface area (Å²) in [5.41, 5.74) is 3.38. The van der Waals surface area contributed by atoms with E-state index in [9.17, 15) is 0 Å². The zero-order chi connectivity index (χ0) is 12.4. The topological polar surface area (TPSA) is 53.6 Å². The van der Waals surface area contributed by atoms with Crippen LogP contribution in [0.15, 0.2) is 36.0 Å². The van der Waals surface area contributed by atoms with Gasteiger partial charge in [0.15, 0.2) is 0 Å². The molecule has 4 nitrogen and oxygen atoms in total. The lowest BCUT2D eigenvalue weighted by Gasteiger charge is -2.13. The van der Waals surface area contributed by atoms with Crippen molar-refractivity contribution in [1.29, 1.82) is 0 Å². The van der Waals surface area contributed by atoms with Crippen molar-refractivity contribution in [2.75, 3.05) is 0 Å². The van der Waals surface area contributed by atoms with E-state index in [2.05, 4.69) is 38.9 Å². The predicted molar refractivity (Wildman–Crippen MR) is 73.5 cm³/mol. The number of hydrogen-bond donors (Lipinski definition) is 2. The van der Waals surface area contributed by atoms with E-state index in [1.54, 1.807) is 17.5 Å². The van der Waals surface area contributed by atoms with Crippen LogP contribution in [0.5, 0.6) is 0 Å². The summed E-state index contributed by atoms with van der Waals surface area (Å²) in [6.45, 7) is 2.93. The molecule has 2 N–H and O–H groups in total. The third kappa shape index (κ3) is 2.27. The lowest BCUT2D eigenvalue weighted by atomic mass is 10.1. The number of pyridine rings is 1. The Morgan fingerprint density at radius 1 is 1.44 bits per heavy atom. The van der Waals surface area contributed by atoms with Crippen molar-refractivity contribution in [3.05, 3.63) is 47.2 Å². The zero-order valence-corrected chi connectivity index (χ0v) is 10.9. The van der Waals surface area contributed by atoms with Gasteiger partial charge >= 0.3 is 0 Å². The molecule has 0 bridgehead atoms. The van der Waals surface area contributed by atoms with Gasteiger partial charge in [0.25, 0.3) is 0 Å². The molecule has 0 aliphatic heterocycles.